The van der Waals surface area contributed by atoms with E-state index >= 15 is 0 Å². The Hall–Kier alpha value is -2.47. The molecular formula is C18H17ClFNO4. The number of benzene rings is 2. The first-order chi connectivity index (χ1) is 12.1. The zero-order valence-electron chi connectivity index (χ0n) is 13.4. The Kier molecular flexibility index (Phi) is 5.60. The highest BCUT2D eigenvalue weighted by Crippen LogP contribution is 2.38. The van der Waals surface area contributed by atoms with E-state index in [1.807, 2.05) is 6.07 Å². The van der Waals surface area contributed by atoms with Gasteiger partial charge in [-0.15, -0.1) is 0 Å². The lowest BCUT2D eigenvalue weighted by molar-refractivity contribution is -0.123. The number of fused-ring (bicyclic) bond motifs is 1. The van der Waals surface area contributed by atoms with Crippen molar-refractivity contribution in [2.45, 2.75) is 6.42 Å². The number of amides is 1. The van der Waals surface area contributed by atoms with Gasteiger partial charge in [0.2, 0.25) is 0 Å². The van der Waals surface area contributed by atoms with Crippen LogP contribution in [0.25, 0.3) is 0 Å². The number of nitrogens with one attached hydrogen (secondary N) is 1. The van der Waals surface area contributed by atoms with Gasteiger partial charge in [-0.25, -0.2) is 4.39 Å². The Morgan fingerprint density at radius 1 is 1.20 bits per heavy atom. The van der Waals surface area contributed by atoms with Gasteiger partial charge in [-0.1, -0.05) is 11.6 Å². The van der Waals surface area contributed by atoms with Gasteiger partial charge in [0.15, 0.2) is 18.1 Å². The molecule has 1 heterocycles. The summed E-state index contributed by atoms with van der Waals surface area (Å²) in [4.78, 5) is 11.8. The van der Waals surface area contributed by atoms with Gasteiger partial charge in [0.05, 0.1) is 5.02 Å². The highest BCUT2D eigenvalue weighted by atomic mass is 35.5. The van der Waals surface area contributed by atoms with Gasteiger partial charge in [-0.05, 0) is 48.4 Å². The van der Waals surface area contributed by atoms with E-state index in [2.05, 4.69) is 5.32 Å². The maximum absolute atomic E-state index is 12.8. The summed E-state index contributed by atoms with van der Waals surface area (Å²) < 4.78 is 29.1. The van der Waals surface area contributed by atoms with Crippen LogP contribution in [0.3, 0.4) is 0 Å². The van der Waals surface area contributed by atoms with E-state index < -0.39 is 0 Å². The first kappa shape index (κ1) is 17.4. The monoisotopic (exact) mass is 365 g/mol. The normalized spacial score (nSPS) is 12.6. The second-order valence-corrected chi connectivity index (χ2v) is 5.85. The number of rotatable bonds is 6. The molecule has 0 fully saturated rings. The Bertz CT molecular complexity index is 751. The predicted octanol–water partition coefficient (Wildman–Crippen LogP) is 2.99. The van der Waals surface area contributed by atoms with Crippen molar-refractivity contribution in [1.82, 2.24) is 5.32 Å². The fraction of sp³-hybridized carbons (Fsp3) is 0.278. The van der Waals surface area contributed by atoms with Crippen LogP contribution in [0.5, 0.6) is 17.2 Å². The van der Waals surface area contributed by atoms with E-state index in [0.29, 0.717) is 48.5 Å². The lowest BCUT2D eigenvalue weighted by Gasteiger charge is -2.20. The molecule has 3 rings (SSSR count). The minimum absolute atomic E-state index is 0.131. The lowest BCUT2D eigenvalue weighted by atomic mass is 10.1. The molecule has 0 saturated heterocycles. The third-order valence-electron chi connectivity index (χ3n) is 3.58. The van der Waals surface area contributed by atoms with Crippen molar-refractivity contribution in [3.05, 3.63) is 52.8 Å². The van der Waals surface area contributed by atoms with Crippen molar-refractivity contribution in [2.24, 2.45) is 0 Å². The van der Waals surface area contributed by atoms with Crippen molar-refractivity contribution in [3.63, 3.8) is 0 Å². The molecule has 2 aromatic rings. The van der Waals surface area contributed by atoms with Crippen LogP contribution in [0.2, 0.25) is 5.02 Å². The van der Waals surface area contributed by atoms with Crippen LogP contribution >= 0.6 is 11.6 Å². The summed E-state index contributed by atoms with van der Waals surface area (Å²) in [7, 11) is 0. The molecule has 132 valence electrons. The molecule has 1 aliphatic heterocycles. The third-order valence-corrected chi connectivity index (χ3v) is 3.86. The third kappa shape index (κ3) is 4.76. The molecule has 5 nitrogen and oxygen atoms in total. The summed E-state index contributed by atoms with van der Waals surface area (Å²) in [6.45, 7) is 1.27. The molecule has 0 spiro atoms. The molecule has 25 heavy (non-hydrogen) atoms. The number of hydrogen-bond donors (Lipinski definition) is 1. The van der Waals surface area contributed by atoms with Gasteiger partial charge in [0.1, 0.15) is 24.8 Å². The van der Waals surface area contributed by atoms with E-state index in [1.54, 1.807) is 6.07 Å². The smallest absolute Gasteiger partial charge is 0.257 e. The number of hydrogen-bond acceptors (Lipinski definition) is 4. The second-order valence-electron chi connectivity index (χ2n) is 5.44. The molecule has 0 unspecified atom stereocenters. The molecule has 1 amide bonds. The Balaban J connectivity index is 1.45. The van der Waals surface area contributed by atoms with Crippen LogP contribution < -0.4 is 19.5 Å². The highest BCUT2D eigenvalue weighted by Gasteiger charge is 2.16. The van der Waals surface area contributed by atoms with Crippen LogP contribution in [0.1, 0.15) is 5.56 Å². The maximum Gasteiger partial charge on any atom is 0.257 e. The van der Waals surface area contributed by atoms with Crippen molar-refractivity contribution in [2.75, 3.05) is 26.4 Å². The second kappa shape index (κ2) is 8.07. The maximum atomic E-state index is 12.8. The average molecular weight is 366 g/mol. The average Bonchev–Trinajstić information content (AvgIpc) is 2.61. The van der Waals surface area contributed by atoms with Crippen molar-refractivity contribution < 1.29 is 23.4 Å². The quantitative estimate of drug-likeness (QED) is 0.855. The molecule has 0 bridgehead atoms. The Morgan fingerprint density at radius 3 is 2.76 bits per heavy atom. The fourth-order valence-electron chi connectivity index (χ4n) is 2.39. The molecule has 7 heteroatoms. The Labute approximate surface area is 149 Å². The molecule has 0 radical (unpaired) electrons. The first-order valence-electron chi connectivity index (χ1n) is 7.85. The van der Waals surface area contributed by atoms with Gasteiger partial charge in [-0.2, -0.15) is 0 Å². The van der Waals surface area contributed by atoms with Crippen LogP contribution in [0.4, 0.5) is 4.39 Å². The number of halogens is 2. The van der Waals surface area contributed by atoms with E-state index in [1.165, 1.54) is 24.3 Å². The summed E-state index contributed by atoms with van der Waals surface area (Å²) >= 11 is 6.18. The number of carbonyl (C=O) groups excluding carboxylic acids is 1. The minimum Gasteiger partial charge on any atom is -0.486 e. The summed E-state index contributed by atoms with van der Waals surface area (Å²) in [6, 6.07) is 9.16. The SMILES string of the molecule is O=C(COc1ccc(F)cc1)NCCc1cc(Cl)c2c(c1)OCCO2. The zero-order chi connectivity index (χ0) is 17.6. The highest BCUT2D eigenvalue weighted by molar-refractivity contribution is 6.32. The van der Waals surface area contributed by atoms with Crippen molar-refractivity contribution >= 4 is 17.5 Å². The molecule has 0 saturated carbocycles. The van der Waals surface area contributed by atoms with Gasteiger partial charge >= 0.3 is 0 Å². The summed E-state index contributed by atoms with van der Waals surface area (Å²) in [5.74, 6) is 1.02. The lowest BCUT2D eigenvalue weighted by Crippen LogP contribution is -2.30. The van der Waals surface area contributed by atoms with Crippen LogP contribution in [-0.2, 0) is 11.2 Å². The molecule has 0 aromatic heterocycles. The fourth-order valence-corrected chi connectivity index (χ4v) is 2.67. The Morgan fingerprint density at radius 2 is 1.96 bits per heavy atom. The molecule has 1 N–H and O–H groups in total. The molecule has 2 aromatic carbocycles. The van der Waals surface area contributed by atoms with Gasteiger partial charge < -0.3 is 19.5 Å². The van der Waals surface area contributed by atoms with Crippen molar-refractivity contribution in [1.29, 1.82) is 0 Å². The standard InChI is InChI=1S/C18H17ClFNO4/c19-15-9-12(10-16-18(15)24-8-7-23-16)5-6-21-17(22)11-25-14-3-1-13(20)2-4-14/h1-4,9-10H,5-8,11H2,(H,21,22). The van der Waals surface area contributed by atoms with Gasteiger partial charge in [0.25, 0.3) is 5.91 Å². The van der Waals surface area contributed by atoms with Gasteiger partial charge in [0, 0.05) is 6.54 Å². The summed E-state index contributed by atoms with van der Waals surface area (Å²) in [5, 5.41) is 3.26. The number of carbonyl (C=O) groups is 1. The predicted molar refractivity (Wildman–Crippen MR) is 91.1 cm³/mol. The van der Waals surface area contributed by atoms with E-state index in [4.69, 9.17) is 25.8 Å². The summed E-state index contributed by atoms with van der Waals surface area (Å²) in [5.41, 5.74) is 0.939. The van der Waals surface area contributed by atoms with Crippen LogP contribution in [0, 0.1) is 5.82 Å². The van der Waals surface area contributed by atoms with E-state index in [9.17, 15) is 9.18 Å². The first-order valence-corrected chi connectivity index (χ1v) is 8.23. The van der Waals surface area contributed by atoms with Crippen molar-refractivity contribution in [3.8, 4) is 17.2 Å². The molecule has 1 aliphatic rings. The summed E-state index contributed by atoms with van der Waals surface area (Å²) in [6.07, 6.45) is 0.596. The van der Waals surface area contributed by atoms with E-state index in [0.717, 1.165) is 5.56 Å². The molecule has 0 aliphatic carbocycles. The van der Waals surface area contributed by atoms with Crippen LogP contribution in [-0.4, -0.2) is 32.3 Å². The topological polar surface area (TPSA) is 56.8 Å². The van der Waals surface area contributed by atoms with Crippen LogP contribution in [0.15, 0.2) is 36.4 Å². The van der Waals surface area contributed by atoms with Gasteiger partial charge in [-0.3, -0.25) is 4.79 Å². The largest absolute Gasteiger partial charge is 0.486 e. The minimum atomic E-state index is -0.352. The molecular weight excluding hydrogens is 349 g/mol. The van der Waals surface area contributed by atoms with E-state index in [-0.39, 0.29) is 18.3 Å². The zero-order valence-corrected chi connectivity index (χ0v) is 14.1. The molecule has 0 atom stereocenters. The number of ether oxygens (including phenoxy) is 3.